The second kappa shape index (κ2) is 10.4. The first-order chi connectivity index (χ1) is 27.3. The SMILES string of the molecule is c1ccc2c(c1)Oc1cccc(-c3ccc4c(c3)C3(c5ccccc5-4)c4ccccc4-c4c3ccc3ccccc43)c1C21c2ccccc2-c2ccccc21. The number of para-hydroxylation sites is 1. The quantitative estimate of drug-likeness (QED) is 0.166. The molecule has 9 aromatic carbocycles. The van der Waals surface area contributed by atoms with Crippen LogP contribution in [0.5, 0.6) is 11.5 Å². The number of hydrogen-bond donors (Lipinski definition) is 0. The zero-order valence-electron chi connectivity index (χ0n) is 29.9. The molecule has 1 atom stereocenters. The van der Waals surface area contributed by atoms with Crippen LogP contribution < -0.4 is 4.74 Å². The maximum Gasteiger partial charge on any atom is 0.132 e. The van der Waals surface area contributed by atoms with Crippen molar-refractivity contribution in [3.63, 3.8) is 0 Å². The Kier molecular flexibility index (Phi) is 5.56. The molecular weight excluding hydrogens is 665 g/mol. The summed E-state index contributed by atoms with van der Waals surface area (Å²) in [5, 5.41) is 2.58. The molecule has 0 aromatic heterocycles. The third-order valence-electron chi connectivity index (χ3n) is 13.2. The van der Waals surface area contributed by atoms with Crippen molar-refractivity contribution in [2.75, 3.05) is 0 Å². The Morgan fingerprint density at radius 2 is 0.836 bits per heavy atom. The van der Waals surface area contributed by atoms with E-state index in [1.807, 2.05) is 0 Å². The van der Waals surface area contributed by atoms with Crippen LogP contribution in [0.4, 0.5) is 0 Å². The molecule has 0 fully saturated rings. The Morgan fingerprint density at radius 1 is 0.309 bits per heavy atom. The first kappa shape index (κ1) is 29.5. The lowest BCUT2D eigenvalue weighted by molar-refractivity contribution is 0.437. The minimum Gasteiger partial charge on any atom is -0.457 e. The van der Waals surface area contributed by atoms with Gasteiger partial charge in [0.05, 0.1) is 10.8 Å². The van der Waals surface area contributed by atoms with E-state index in [-0.39, 0.29) is 0 Å². The summed E-state index contributed by atoms with van der Waals surface area (Å²) in [5.74, 6) is 1.82. The molecule has 1 unspecified atom stereocenters. The zero-order chi connectivity index (χ0) is 35.9. The average molecular weight is 697 g/mol. The van der Waals surface area contributed by atoms with E-state index in [0.29, 0.717) is 0 Å². The minimum absolute atomic E-state index is 0.458. The van der Waals surface area contributed by atoms with Gasteiger partial charge in [-0.2, -0.15) is 0 Å². The van der Waals surface area contributed by atoms with Gasteiger partial charge in [0.15, 0.2) is 0 Å². The van der Waals surface area contributed by atoms with E-state index in [1.54, 1.807) is 0 Å². The van der Waals surface area contributed by atoms with Crippen LogP contribution in [0.25, 0.3) is 55.3 Å². The van der Waals surface area contributed by atoms with Gasteiger partial charge in [0.25, 0.3) is 0 Å². The van der Waals surface area contributed by atoms with Crippen molar-refractivity contribution in [1.29, 1.82) is 0 Å². The third-order valence-corrected chi connectivity index (χ3v) is 13.2. The van der Waals surface area contributed by atoms with E-state index < -0.39 is 10.8 Å². The lowest BCUT2D eigenvalue weighted by Crippen LogP contribution is -2.33. The highest BCUT2D eigenvalue weighted by molar-refractivity contribution is 6.06. The smallest absolute Gasteiger partial charge is 0.132 e. The van der Waals surface area contributed by atoms with Crippen LogP contribution in [-0.2, 0) is 10.8 Å². The van der Waals surface area contributed by atoms with Crippen molar-refractivity contribution >= 4 is 10.8 Å². The molecule has 1 heterocycles. The number of rotatable bonds is 1. The number of ether oxygens (including phenoxy) is 1. The predicted molar refractivity (Wildman–Crippen MR) is 223 cm³/mol. The second-order valence-corrected chi connectivity index (χ2v) is 15.4. The maximum atomic E-state index is 6.93. The molecule has 0 saturated carbocycles. The monoisotopic (exact) mass is 696 g/mol. The van der Waals surface area contributed by atoms with Gasteiger partial charge in [-0.1, -0.05) is 176 Å². The van der Waals surface area contributed by atoms with E-state index in [9.17, 15) is 0 Å². The lowest BCUT2D eigenvalue weighted by Gasteiger charge is -2.40. The minimum atomic E-state index is -0.556. The van der Waals surface area contributed by atoms with Crippen LogP contribution >= 0.6 is 0 Å². The molecular formula is C54H32O. The molecule has 2 spiro atoms. The van der Waals surface area contributed by atoms with Crippen molar-refractivity contribution in [3.8, 4) is 56.0 Å². The predicted octanol–water partition coefficient (Wildman–Crippen LogP) is 13.3. The second-order valence-electron chi connectivity index (χ2n) is 15.4. The third kappa shape index (κ3) is 3.42. The van der Waals surface area contributed by atoms with Crippen molar-refractivity contribution in [2.24, 2.45) is 0 Å². The van der Waals surface area contributed by atoms with Crippen molar-refractivity contribution in [1.82, 2.24) is 0 Å². The van der Waals surface area contributed by atoms with E-state index in [0.717, 1.165) is 11.5 Å². The molecule has 4 aliphatic rings. The molecule has 1 nitrogen and oxygen atoms in total. The van der Waals surface area contributed by atoms with Crippen molar-refractivity contribution in [2.45, 2.75) is 10.8 Å². The van der Waals surface area contributed by atoms with Crippen LogP contribution in [0.3, 0.4) is 0 Å². The summed E-state index contributed by atoms with van der Waals surface area (Å²) in [6.07, 6.45) is 0. The van der Waals surface area contributed by atoms with Gasteiger partial charge in [-0.05, 0) is 107 Å². The van der Waals surface area contributed by atoms with E-state index in [2.05, 4.69) is 194 Å². The van der Waals surface area contributed by atoms with E-state index in [1.165, 1.54) is 99.8 Å². The van der Waals surface area contributed by atoms with Gasteiger partial charge in [0, 0.05) is 11.1 Å². The summed E-state index contributed by atoms with van der Waals surface area (Å²) in [6, 6.07) is 72.4. The maximum absolute atomic E-state index is 6.93. The lowest BCUT2D eigenvalue weighted by atomic mass is 9.64. The van der Waals surface area contributed by atoms with E-state index >= 15 is 0 Å². The molecule has 0 saturated heterocycles. The normalized spacial score (nSPS) is 16.7. The molecule has 9 aromatic rings. The molecule has 1 aliphatic heterocycles. The van der Waals surface area contributed by atoms with Gasteiger partial charge >= 0.3 is 0 Å². The summed E-state index contributed by atoms with van der Waals surface area (Å²) in [6.45, 7) is 0. The fourth-order valence-electron chi connectivity index (χ4n) is 11.2. The van der Waals surface area contributed by atoms with Crippen molar-refractivity contribution in [3.05, 3.63) is 239 Å². The standard InChI is InChI=1S/C54H32O/c1-2-15-35-33(14-1)29-31-47-51(35)41-19-6-10-24-45(41)53(47)42-21-7-3-18-39(42)40-30-28-34(32-48(40)53)36-20-13-27-50-52(36)54(46-25-11-12-26-49(46)55-50)43-22-8-4-16-37(43)38-17-5-9-23-44(38)54/h1-32H. The molecule has 0 amide bonds. The summed E-state index contributed by atoms with van der Waals surface area (Å²) in [7, 11) is 0. The molecule has 0 N–H and O–H groups in total. The number of benzene rings is 9. The number of fused-ring (bicyclic) bond motifs is 21. The fourth-order valence-corrected chi connectivity index (χ4v) is 11.2. The molecule has 0 bridgehead atoms. The van der Waals surface area contributed by atoms with Gasteiger partial charge in [0.2, 0.25) is 0 Å². The fraction of sp³-hybridized carbons (Fsp3) is 0.0370. The average Bonchev–Trinajstić information content (AvgIpc) is 3.84. The van der Waals surface area contributed by atoms with Crippen LogP contribution in [0.15, 0.2) is 194 Å². The Bertz CT molecular complexity index is 3100. The summed E-state index contributed by atoms with van der Waals surface area (Å²) in [5.41, 5.74) is 19.6. The molecule has 55 heavy (non-hydrogen) atoms. The number of hydrogen-bond acceptors (Lipinski definition) is 1. The summed E-state index contributed by atoms with van der Waals surface area (Å²) >= 11 is 0. The topological polar surface area (TPSA) is 9.23 Å². The highest BCUT2D eigenvalue weighted by atomic mass is 16.5. The Balaban J connectivity index is 1.14. The van der Waals surface area contributed by atoms with Gasteiger partial charge in [-0.15, -0.1) is 0 Å². The van der Waals surface area contributed by atoms with Gasteiger partial charge in [0.1, 0.15) is 11.5 Å². The Labute approximate surface area is 319 Å². The van der Waals surface area contributed by atoms with Gasteiger partial charge in [-0.25, -0.2) is 0 Å². The molecule has 3 aliphatic carbocycles. The van der Waals surface area contributed by atoms with Gasteiger partial charge < -0.3 is 4.74 Å². The summed E-state index contributed by atoms with van der Waals surface area (Å²) in [4.78, 5) is 0. The first-order valence-electron chi connectivity index (χ1n) is 19.3. The highest BCUT2D eigenvalue weighted by Gasteiger charge is 2.54. The van der Waals surface area contributed by atoms with Crippen LogP contribution in [0.1, 0.15) is 44.5 Å². The molecule has 0 radical (unpaired) electrons. The van der Waals surface area contributed by atoms with Crippen molar-refractivity contribution < 1.29 is 4.74 Å². The van der Waals surface area contributed by atoms with Crippen LogP contribution in [0, 0.1) is 0 Å². The van der Waals surface area contributed by atoms with E-state index in [4.69, 9.17) is 4.74 Å². The largest absolute Gasteiger partial charge is 0.457 e. The molecule has 254 valence electrons. The van der Waals surface area contributed by atoms with Crippen LogP contribution in [-0.4, -0.2) is 0 Å². The summed E-state index contributed by atoms with van der Waals surface area (Å²) < 4.78 is 6.93. The van der Waals surface area contributed by atoms with Crippen LogP contribution in [0.2, 0.25) is 0 Å². The Morgan fingerprint density at radius 3 is 1.56 bits per heavy atom. The molecule has 1 heteroatoms. The highest BCUT2D eigenvalue weighted by Crippen LogP contribution is 2.66. The molecule has 13 rings (SSSR count). The Hall–Kier alpha value is -6.96. The first-order valence-corrected chi connectivity index (χ1v) is 19.3. The zero-order valence-corrected chi connectivity index (χ0v) is 29.9. The van der Waals surface area contributed by atoms with Gasteiger partial charge in [-0.3, -0.25) is 0 Å².